The van der Waals surface area contributed by atoms with Crippen LogP contribution in [0, 0.1) is 0 Å². The second-order valence-corrected chi connectivity index (χ2v) is 7.76. The lowest BCUT2D eigenvalue weighted by molar-refractivity contribution is 0.466. The molecule has 5 nitrogen and oxygen atoms in total. The lowest BCUT2D eigenvalue weighted by Crippen LogP contribution is -2.26. The largest absolute Gasteiger partial charge is 0.270 e. The van der Waals surface area contributed by atoms with Crippen LogP contribution in [0.3, 0.4) is 0 Å². The Kier molecular flexibility index (Phi) is 5.43. The second kappa shape index (κ2) is 6.91. The number of aryl methyl sites for hydroxylation is 1. The molecule has 0 aliphatic rings. The van der Waals surface area contributed by atoms with Gasteiger partial charge in [0.2, 0.25) is 10.0 Å². The molecule has 0 unspecified atom stereocenters. The van der Waals surface area contributed by atoms with Crippen molar-refractivity contribution in [2.45, 2.75) is 18.0 Å². The molecule has 0 aliphatic heterocycles. The number of alkyl halides is 1. The van der Waals surface area contributed by atoms with Crippen molar-refractivity contribution in [1.29, 1.82) is 0 Å². The van der Waals surface area contributed by atoms with Gasteiger partial charge in [-0.05, 0) is 11.6 Å². The first-order chi connectivity index (χ1) is 9.95. The second-order valence-electron chi connectivity index (χ2n) is 4.48. The van der Waals surface area contributed by atoms with Gasteiger partial charge in [0.1, 0.15) is 4.90 Å². The van der Waals surface area contributed by atoms with Crippen molar-refractivity contribution in [3.8, 4) is 0 Å². The van der Waals surface area contributed by atoms with E-state index in [1.54, 1.807) is 7.05 Å². The van der Waals surface area contributed by atoms with Crippen molar-refractivity contribution in [2.75, 3.05) is 12.9 Å². The third kappa shape index (κ3) is 3.85. The van der Waals surface area contributed by atoms with E-state index in [1.807, 2.05) is 24.3 Å². The molecule has 2 rings (SSSR count). The van der Waals surface area contributed by atoms with Crippen molar-refractivity contribution >= 4 is 37.6 Å². The number of nitrogens with zero attached hydrogens (tertiary/aromatic N) is 3. The van der Waals surface area contributed by atoms with Gasteiger partial charge in [0.25, 0.3) is 0 Å². The molecule has 114 valence electrons. The highest BCUT2D eigenvalue weighted by Gasteiger charge is 2.23. The summed E-state index contributed by atoms with van der Waals surface area (Å²) in [4.78, 5) is 0.169. The Hall–Kier alpha value is -0.890. The van der Waals surface area contributed by atoms with Crippen molar-refractivity contribution in [3.63, 3.8) is 0 Å². The fourth-order valence-corrected chi connectivity index (χ4v) is 3.51. The van der Waals surface area contributed by atoms with Crippen LogP contribution >= 0.6 is 27.5 Å². The fraction of sp³-hybridized carbons (Fsp3) is 0.308. The number of aromatic nitrogens is 2. The molecular formula is C13H15BrClN3O2S. The monoisotopic (exact) mass is 391 g/mol. The van der Waals surface area contributed by atoms with Gasteiger partial charge in [-0.1, -0.05) is 34.1 Å². The third-order valence-electron chi connectivity index (χ3n) is 2.98. The van der Waals surface area contributed by atoms with E-state index in [2.05, 4.69) is 21.0 Å². The summed E-state index contributed by atoms with van der Waals surface area (Å²) in [6.07, 6.45) is 2.84. The molecule has 2 aromatic rings. The average molecular weight is 393 g/mol. The van der Waals surface area contributed by atoms with Crippen LogP contribution in [0.4, 0.5) is 0 Å². The summed E-state index contributed by atoms with van der Waals surface area (Å²) in [5.41, 5.74) is 0.900. The molecule has 0 fully saturated rings. The summed E-state index contributed by atoms with van der Waals surface area (Å²) < 4.78 is 28.7. The Morgan fingerprint density at radius 3 is 2.76 bits per heavy atom. The van der Waals surface area contributed by atoms with Gasteiger partial charge < -0.3 is 0 Å². The summed E-state index contributed by atoms with van der Waals surface area (Å²) in [6, 6.07) is 7.53. The highest BCUT2D eigenvalue weighted by molar-refractivity contribution is 9.10. The Morgan fingerprint density at radius 2 is 2.10 bits per heavy atom. The summed E-state index contributed by atoms with van der Waals surface area (Å²) in [5.74, 6) is 0.383. The molecule has 0 radical (unpaired) electrons. The van der Waals surface area contributed by atoms with Crippen molar-refractivity contribution in [2.24, 2.45) is 0 Å². The van der Waals surface area contributed by atoms with Crippen LogP contribution in [0.5, 0.6) is 0 Å². The molecule has 0 N–H and O–H groups in total. The predicted octanol–water partition coefficient (Wildman–Crippen LogP) is 2.71. The molecule has 8 heteroatoms. The van der Waals surface area contributed by atoms with Crippen molar-refractivity contribution < 1.29 is 8.42 Å². The fourth-order valence-electron chi connectivity index (χ4n) is 1.82. The van der Waals surface area contributed by atoms with E-state index < -0.39 is 10.0 Å². The van der Waals surface area contributed by atoms with Gasteiger partial charge >= 0.3 is 0 Å². The minimum absolute atomic E-state index is 0.169. The van der Waals surface area contributed by atoms with Gasteiger partial charge in [-0.2, -0.15) is 9.40 Å². The molecule has 0 amide bonds. The van der Waals surface area contributed by atoms with E-state index >= 15 is 0 Å². The summed E-state index contributed by atoms with van der Waals surface area (Å²) in [5, 5.41) is 4.00. The molecule has 0 spiro atoms. The molecule has 0 aliphatic carbocycles. The topological polar surface area (TPSA) is 55.2 Å². The molecule has 21 heavy (non-hydrogen) atoms. The van der Waals surface area contributed by atoms with Crippen LogP contribution in [-0.2, 0) is 23.1 Å². The molecule has 1 heterocycles. The van der Waals surface area contributed by atoms with Crippen LogP contribution < -0.4 is 0 Å². The number of hydrogen-bond donors (Lipinski definition) is 0. The summed E-state index contributed by atoms with van der Waals surface area (Å²) in [6.45, 7) is 0.759. The zero-order valence-corrected chi connectivity index (χ0v) is 14.6. The highest BCUT2D eigenvalue weighted by Crippen LogP contribution is 2.21. The van der Waals surface area contributed by atoms with E-state index in [9.17, 15) is 8.42 Å². The number of sulfonamides is 1. The highest BCUT2D eigenvalue weighted by atomic mass is 79.9. The maximum Gasteiger partial charge on any atom is 0.246 e. The van der Waals surface area contributed by atoms with Gasteiger partial charge in [0, 0.05) is 30.1 Å². The van der Waals surface area contributed by atoms with Crippen molar-refractivity contribution in [1.82, 2.24) is 14.1 Å². The number of rotatable bonds is 6. The van der Waals surface area contributed by atoms with E-state index in [1.165, 1.54) is 21.4 Å². The number of hydrogen-bond acceptors (Lipinski definition) is 3. The molecular weight excluding hydrogens is 378 g/mol. The minimum atomic E-state index is -3.57. The molecule has 1 aromatic heterocycles. The summed E-state index contributed by atoms with van der Waals surface area (Å²) >= 11 is 9.04. The van der Waals surface area contributed by atoms with E-state index in [0.29, 0.717) is 12.4 Å². The van der Waals surface area contributed by atoms with Gasteiger partial charge in [-0.3, -0.25) is 4.68 Å². The van der Waals surface area contributed by atoms with E-state index in [4.69, 9.17) is 11.6 Å². The summed E-state index contributed by atoms with van der Waals surface area (Å²) in [7, 11) is -2.02. The normalized spacial score (nSPS) is 12.0. The first-order valence-electron chi connectivity index (χ1n) is 6.23. The molecule has 0 saturated heterocycles. The Bertz CT molecular complexity index is 718. The maximum absolute atomic E-state index is 12.5. The molecule has 0 bridgehead atoms. The first-order valence-corrected chi connectivity index (χ1v) is 9.00. The number of halogens is 2. The average Bonchev–Trinajstić information content (AvgIpc) is 2.91. The molecule has 1 aromatic carbocycles. The Labute approximate surface area is 137 Å². The third-order valence-corrected chi connectivity index (χ3v) is 5.68. The zero-order valence-electron chi connectivity index (χ0n) is 11.4. The lowest BCUT2D eigenvalue weighted by atomic mass is 10.2. The minimum Gasteiger partial charge on any atom is -0.270 e. The van der Waals surface area contributed by atoms with Crippen LogP contribution in [0.15, 0.2) is 46.0 Å². The zero-order chi connectivity index (χ0) is 15.5. The predicted molar refractivity (Wildman–Crippen MR) is 85.7 cm³/mol. The first kappa shape index (κ1) is 16.5. The quantitative estimate of drug-likeness (QED) is 0.710. The molecule has 0 atom stereocenters. The van der Waals surface area contributed by atoms with Gasteiger partial charge in [0.05, 0.1) is 12.7 Å². The van der Waals surface area contributed by atoms with Crippen LogP contribution in [0.2, 0.25) is 0 Å². The van der Waals surface area contributed by atoms with Gasteiger partial charge in [-0.15, -0.1) is 11.6 Å². The van der Waals surface area contributed by atoms with Crippen LogP contribution in [0.1, 0.15) is 5.56 Å². The smallest absolute Gasteiger partial charge is 0.246 e. The Morgan fingerprint density at radius 1 is 1.38 bits per heavy atom. The Balaban J connectivity index is 2.20. The SMILES string of the molecule is CN(Cc1ccccc1Br)S(=O)(=O)c1cnn(CCCl)c1. The van der Waals surface area contributed by atoms with Crippen molar-refractivity contribution in [3.05, 3.63) is 46.7 Å². The van der Waals surface area contributed by atoms with E-state index in [0.717, 1.165) is 10.0 Å². The van der Waals surface area contributed by atoms with Crippen LogP contribution in [0.25, 0.3) is 0 Å². The maximum atomic E-state index is 12.5. The van der Waals surface area contributed by atoms with E-state index in [-0.39, 0.29) is 11.4 Å². The van der Waals surface area contributed by atoms with Gasteiger partial charge in [-0.25, -0.2) is 8.42 Å². The lowest BCUT2D eigenvalue weighted by Gasteiger charge is -2.16. The van der Waals surface area contributed by atoms with Gasteiger partial charge in [0.15, 0.2) is 0 Å². The molecule has 0 saturated carbocycles. The van der Waals surface area contributed by atoms with Crippen LogP contribution in [-0.4, -0.2) is 35.4 Å². The standard InChI is InChI=1S/C13H15BrClN3O2S/c1-17(9-11-4-2-3-5-13(11)14)21(19,20)12-8-16-18(10-12)7-6-15/h2-5,8,10H,6-7,9H2,1H3. The number of benzene rings is 1.